The second-order valence-electron chi connectivity index (χ2n) is 26.8. The number of aromatic carboxylic acids is 2. The van der Waals surface area contributed by atoms with Gasteiger partial charge >= 0.3 is 11.9 Å². The topological polar surface area (TPSA) is 109 Å². The van der Waals surface area contributed by atoms with E-state index in [-0.39, 0.29) is 20.9 Å². The summed E-state index contributed by atoms with van der Waals surface area (Å²) in [5, 5.41) is 17.5. The van der Waals surface area contributed by atoms with Gasteiger partial charge in [-0.15, -0.1) is 0 Å². The van der Waals surface area contributed by atoms with Crippen molar-refractivity contribution < 1.29 is 37.2 Å². The third-order valence-electron chi connectivity index (χ3n) is 18.7. The lowest BCUT2D eigenvalue weighted by Crippen LogP contribution is -2.50. The standard InChI is InChI=1S/2C32H68N.C14H10O6S/c2*1-5-9-13-17-21-25-29-33(30-26-22-18-14-10-6-2,31-27-23-19-15-11-7-3)32-28-24-20-16-12-8-4;15-13(16)9-1-5-11(6-2-9)21(19,20)12-7-3-10(4-8-12)14(17)18/h2*5-32H2,1-4H3;1-8H,(H,15,16)(H,17,18)/q2*+1;. The summed E-state index contributed by atoms with van der Waals surface area (Å²) < 4.78 is 27.6. The molecule has 87 heavy (non-hydrogen) atoms. The first-order chi connectivity index (χ1) is 42.3. The second kappa shape index (κ2) is 59.5. The molecule has 2 N–H and O–H groups in total. The van der Waals surface area contributed by atoms with Crippen LogP contribution < -0.4 is 0 Å². The normalized spacial score (nSPS) is 11.8. The van der Waals surface area contributed by atoms with Crippen LogP contribution in [0.1, 0.15) is 384 Å². The summed E-state index contributed by atoms with van der Waals surface area (Å²) in [6, 6.07) is 9.57. The van der Waals surface area contributed by atoms with E-state index < -0.39 is 21.8 Å². The fourth-order valence-electron chi connectivity index (χ4n) is 12.9. The lowest BCUT2D eigenvalue weighted by Gasteiger charge is -2.40. The molecule has 0 aliphatic heterocycles. The van der Waals surface area contributed by atoms with Crippen LogP contribution in [-0.2, 0) is 9.84 Å². The molecule has 0 aromatic heterocycles. The van der Waals surface area contributed by atoms with E-state index in [1.165, 1.54) is 418 Å². The van der Waals surface area contributed by atoms with Crippen LogP contribution in [0.2, 0.25) is 0 Å². The van der Waals surface area contributed by atoms with E-state index in [9.17, 15) is 18.0 Å². The van der Waals surface area contributed by atoms with Crippen LogP contribution in [0.3, 0.4) is 0 Å². The number of quaternary nitrogens is 2. The number of hydrogen-bond donors (Lipinski definition) is 2. The molecule has 0 amide bonds. The predicted molar refractivity (Wildman–Crippen MR) is 379 cm³/mol. The van der Waals surface area contributed by atoms with Gasteiger partial charge in [-0.3, -0.25) is 0 Å². The molecule has 0 saturated heterocycles. The summed E-state index contributed by atoms with van der Waals surface area (Å²) in [6.07, 6.45) is 69.5. The number of sulfone groups is 1. The molecule has 508 valence electrons. The minimum atomic E-state index is -3.81. The van der Waals surface area contributed by atoms with E-state index >= 15 is 0 Å². The van der Waals surface area contributed by atoms with Gasteiger partial charge in [0.05, 0.1) is 73.3 Å². The van der Waals surface area contributed by atoms with Gasteiger partial charge in [0, 0.05) is 0 Å². The third kappa shape index (κ3) is 46.0. The highest BCUT2D eigenvalue weighted by molar-refractivity contribution is 7.91. The first-order valence-electron chi connectivity index (χ1n) is 37.9. The number of carboxylic acids is 2. The number of nitrogens with zero attached hydrogens (tertiary/aromatic N) is 2. The van der Waals surface area contributed by atoms with Gasteiger partial charge in [-0.2, -0.15) is 0 Å². The Balaban J connectivity index is 0.00000131. The van der Waals surface area contributed by atoms with E-state index in [1.807, 2.05) is 0 Å². The van der Waals surface area contributed by atoms with Crippen molar-refractivity contribution in [2.24, 2.45) is 0 Å². The molecule has 0 aliphatic rings. The Morgan fingerprint density at radius 1 is 0.253 bits per heavy atom. The summed E-state index contributed by atoms with van der Waals surface area (Å²) in [4.78, 5) is 21.3. The Morgan fingerprint density at radius 3 is 0.529 bits per heavy atom. The largest absolute Gasteiger partial charge is 0.478 e. The molecule has 0 spiro atoms. The number of hydrogen-bond acceptors (Lipinski definition) is 4. The van der Waals surface area contributed by atoms with E-state index in [0.717, 1.165) is 0 Å². The van der Waals surface area contributed by atoms with Crippen LogP contribution in [0, 0.1) is 0 Å². The Morgan fingerprint density at radius 2 is 0.391 bits per heavy atom. The molecular weight excluding hydrogens is 1090 g/mol. The average molecular weight is 1240 g/mol. The molecule has 0 bridgehead atoms. The number of carboxylic acid groups (broad SMARTS) is 2. The summed E-state index contributed by atoms with van der Waals surface area (Å²) in [5.74, 6) is -2.30. The first-order valence-corrected chi connectivity index (χ1v) is 39.4. The van der Waals surface area contributed by atoms with Gasteiger partial charge in [-0.25, -0.2) is 18.0 Å². The maximum absolute atomic E-state index is 12.3. The van der Waals surface area contributed by atoms with Crippen molar-refractivity contribution in [2.75, 3.05) is 52.4 Å². The zero-order chi connectivity index (χ0) is 64.2. The monoisotopic (exact) mass is 1240 g/mol. The quantitative estimate of drug-likeness (QED) is 0.0505. The Hall–Kier alpha value is -2.75. The SMILES string of the molecule is CCCCCCCC[N+](CCCCCCCC)(CCCCCCCC)CCCCCCCC.CCCCCCCC[N+](CCCCCCCC)(CCCCCCCC)CCCCCCCC.O=C(O)c1ccc(S(=O)(=O)c2ccc(C(=O)O)cc2)cc1. The fourth-order valence-corrected chi connectivity index (χ4v) is 14.1. The third-order valence-corrected chi connectivity index (χ3v) is 20.5. The van der Waals surface area contributed by atoms with Crippen molar-refractivity contribution >= 4 is 21.8 Å². The van der Waals surface area contributed by atoms with E-state index in [2.05, 4.69) is 55.4 Å². The van der Waals surface area contributed by atoms with Crippen LogP contribution in [0.4, 0.5) is 0 Å². The van der Waals surface area contributed by atoms with Gasteiger partial charge in [0.1, 0.15) is 0 Å². The highest BCUT2D eigenvalue weighted by atomic mass is 32.2. The van der Waals surface area contributed by atoms with Crippen molar-refractivity contribution in [3.8, 4) is 0 Å². The molecule has 0 aliphatic carbocycles. The molecule has 8 nitrogen and oxygen atoms in total. The Kier molecular flexibility index (Phi) is 57.7. The highest BCUT2D eigenvalue weighted by Crippen LogP contribution is 2.25. The summed E-state index contributed by atoms with van der Waals surface area (Å²) >= 11 is 0. The molecule has 0 unspecified atom stereocenters. The van der Waals surface area contributed by atoms with Crippen molar-refractivity contribution in [3.05, 3.63) is 59.7 Å². The predicted octanol–water partition coefficient (Wildman–Crippen LogP) is 24.4. The zero-order valence-corrected chi connectivity index (χ0v) is 59.9. The Bertz CT molecular complexity index is 1650. The molecule has 9 heteroatoms. The molecule has 0 radical (unpaired) electrons. The Labute approximate surface area is 541 Å². The van der Waals surface area contributed by atoms with Gasteiger partial charge in [-0.05, 0) is 151 Å². The first kappa shape index (κ1) is 84.2. The molecule has 2 rings (SSSR count). The molecule has 2 aromatic carbocycles. The lowest BCUT2D eigenvalue weighted by molar-refractivity contribution is -0.929. The molecule has 0 heterocycles. The van der Waals surface area contributed by atoms with Gasteiger partial charge in [0.2, 0.25) is 9.84 Å². The maximum atomic E-state index is 12.3. The number of rotatable bonds is 60. The molecule has 0 fully saturated rings. The highest BCUT2D eigenvalue weighted by Gasteiger charge is 2.27. The molecule has 2 aromatic rings. The second-order valence-corrected chi connectivity index (χ2v) is 28.7. The summed E-state index contributed by atoms with van der Waals surface area (Å²) in [6.45, 7) is 30.5. The van der Waals surface area contributed by atoms with Crippen LogP contribution in [-0.4, -0.2) is 91.9 Å². The molecule has 0 saturated carbocycles. The van der Waals surface area contributed by atoms with E-state index in [4.69, 9.17) is 10.2 Å². The number of carbonyl (C=O) groups is 2. The van der Waals surface area contributed by atoms with E-state index in [1.54, 1.807) is 0 Å². The maximum Gasteiger partial charge on any atom is 0.335 e. The van der Waals surface area contributed by atoms with Gasteiger partial charge in [-0.1, -0.05) is 261 Å². The van der Waals surface area contributed by atoms with E-state index in [0.29, 0.717) is 0 Å². The molecule has 0 atom stereocenters. The van der Waals surface area contributed by atoms with Gasteiger partial charge in [0.25, 0.3) is 0 Å². The summed E-state index contributed by atoms with van der Waals surface area (Å²) in [7, 11) is -3.81. The van der Waals surface area contributed by atoms with Crippen LogP contribution in [0.15, 0.2) is 58.3 Å². The van der Waals surface area contributed by atoms with Crippen molar-refractivity contribution in [2.45, 2.75) is 373 Å². The fraction of sp³-hybridized carbons (Fsp3) is 0.821. The minimum Gasteiger partial charge on any atom is -0.478 e. The van der Waals surface area contributed by atoms with Gasteiger partial charge < -0.3 is 19.2 Å². The van der Waals surface area contributed by atoms with Crippen molar-refractivity contribution in [1.29, 1.82) is 0 Å². The smallest absolute Gasteiger partial charge is 0.335 e. The van der Waals surface area contributed by atoms with Crippen LogP contribution in [0.5, 0.6) is 0 Å². The zero-order valence-electron chi connectivity index (χ0n) is 59.0. The van der Waals surface area contributed by atoms with Crippen molar-refractivity contribution in [3.63, 3.8) is 0 Å². The lowest BCUT2D eigenvalue weighted by atomic mass is 10.0. The van der Waals surface area contributed by atoms with Gasteiger partial charge in [0.15, 0.2) is 0 Å². The number of unbranched alkanes of at least 4 members (excludes halogenated alkanes) is 40. The average Bonchev–Trinajstić information content (AvgIpc) is 2.33. The number of benzene rings is 2. The minimum absolute atomic E-state index is 0.0184. The van der Waals surface area contributed by atoms with Crippen LogP contribution >= 0.6 is 0 Å². The summed E-state index contributed by atoms with van der Waals surface area (Å²) in [5.41, 5.74) is -0.0367. The van der Waals surface area contributed by atoms with Crippen LogP contribution in [0.25, 0.3) is 0 Å². The molecular formula is C78H146N2O6S+2. The van der Waals surface area contributed by atoms with Crippen molar-refractivity contribution in [1.82, 2.24) is 0 Å².